The second-order valence-electron chi connectivity index (χ2n) is 11.7. The molecule has 5 aromatic carbocycles. The highest BCUT2D eigenvalue weighted by molar-refractivity contribution is 5.36. The van der Waals surface area contributed by atoms with Gasteiger partial charge in [0, 0.05) is 5.56 Å². The van der Waals surface area contributed by atoms with Gasteiger partial charge < -0.3 is 28.8 Å². The van der Waals surface area contributed by atoms with Crippen LogP contribution in [0.2, 0.25) is 0 Å². The van der Waals surface area contributed by atoms with Crippen molar-refractivity contribution in [3.05, 3.63) is 179 Å². The second kappa shape index (κ2) is 17.0. The summed E-state index contributed by atoms with van der Waals surface area (Å²) in [6, 6.07) is 49.1. The fraction of sp³-hybridized carbons (Fsp3) is 0.238. The van der Waals surface area contributed by atoms with E-state index in [1.54, 1.807) is 0 Å². The van der Waals surface area contributed by atoms with Crippen LogP contribution in [-0.2, 0) is 50.1 Å². The summed E-state index contributed by atoms with van der Waals surface area (Å²) < 4.78 is 32.7. The average Bonchev–Trinajstić information content (AvgIpc) is 3.14. The lowest BCUT2D eigenvalue weighted by atomic mass is 9.91. The van der Waals surface area contributed by atoms with Gasteiger partial charge in [-0.2, -0.15) is 0 Å². The number of hydrogen-bond donors (Lipinski definition) is 1. The molecule has 0 amide bonds. The lowest BCUT2D eigenvalue weighted by molar-refractivity contribution is -0.347. The molecule has 0 bridgehead atoms. The Labute approximate surface area is 282 Å². The van der Waals surface area contributed by atoms with Crippen molar-refractivity contribution in [2.24, 2.45) is 0 Å². The molecule has 0 saturated carbocycles. The first-order valence-corrected chi connectivity index (χ1v) is 16.2. The third-order valence-corrected chi connectivity index (χ3v) is 8.10. The smallest absolute Gasteiger partial charge is 0.261 e. The molecule has 5 atom stereocenters. The minimum Gasteiger partial charge on any atom is -0.374 e. The van der Waals surface area contributed by atoms with Crippen LogP contribution in [0.5, 0.6) is 0 Å². The highest BCUT2D eigenvalue weighted by Gasteiger charge is 2.56. The van der Waals surface area contributed by atoms with E-state index < -0.39 is 30.2 Å². The molecule has 0 aromatic heterocycles. The maximum atomic E-state index is 12.4. The fourth-order valence-corrected chi connectivity index (χ4v) is 5.64. The predicted octanol–water partition coefficient (Wildman–Crippen LogP) is 7.10. The van der Waals surface area contributed by atoms with Crippen LogP contribution in [-0.4, -0.2) is 41.9 Å². The van der Waals surface area contributed by atoms with Gasteiger partial charge in [0.15, 0.2) is 6.10 Å². The molecule has 6 nitrogen and oxygen atoms in total. The van der Waals surface area contributed by atoms with Crippen molar-refractivity contribution in [3.8, 4) is 11.8 Å². The molecule has 6 rings (SSSR count). The molecule has 48 heavy (non-hydrogen) atoms. The first-order valence-electron chi connectivity index (χ1n) is 16.2. The highest BCUT2D eigenvalue weighted by atomic mass is 16.7. The van der Waals surface area contributed by atoms with Crippen molar-refractivity contribution in [2.45, 2.75) is 56.6 Å². The van der Waals surface area contributed by atoms with Gasteiger partial charge in [-0.25, -0.2) is 0 Å². The summed E-state index contributed by atoms with van der Waals surface area (Å²) in [7, 11) is 0. The van der Waals surface area contributed by atoms with Crippen molar-refractivity contribution in [1.29, 1.82) is 0 Å². The van der Waals surface area contributed by atoms with E-state index in [2.05, 4.69) is 11.8 Å². The number of rotatable bonds is 13. The first-order chi connectivity index (χ1) is 23.7. The maximum absolute atomic E-state index is 12.4. The van der Waals surface area contributed by atoms with Crippen LogP contribution in [0.15, 0.2) is 152 Å². The molecule has 0 unspecified atom stereocenters. The number of aliphatic hydroxyl groups is 1. The topological polar surface area (TPSA) is 66.4 Å². The zero-order valence-electron chi connectivity index (χ0n) is 26.8. The van der Waals surface area contributed by atoms with Crippen LogP contribution >= 0.6 is 0 Å². The summed E-state index contributed by atoms with van der Waals surface area (Å²) in [6.45, 7) is 1.26. The molecule has 5 aromatic rings. The highest BCUT2D eigenvalue weighted by Crippen LogP contribution is 2.36. The van der Waals surface area contributed by atoms with E-state index in [0.717, 1.165) is 27.8 Å². The lowest BCUT2D eigenvalue weighted by Crippen LogP contribution is -2.66. The molecule has 0 radical (unpaired) electrons. The molecule has 0 aliphatic carbocycles. The van der Waals surface area contributed by atoms with Crippen molar-refractivity contribution in [3.63, 3.8) is 0 Å². The van der Waals surface area contributed by atoms with Gasteiger partial charge in [0.1, 0.15) is 18.3 Å². The van der Waals surface area contributed by atoms with Crippen molar-refractivity contribution in [1.82, 2.24) is 0 Å². The number of ether oxygens (including phenoxy) is 5. The van der Waals surface area contributed by atoms with E-state index in [9.17, 15) is 5.11 Å². The summed E-state index contributed by atoms with van der Waals surface area (Å²) in [6.07, 6.45) is -3.25. The van der Waals surface area contributed by atoms with Gasteiger partial charge in [-0.3, -0.25) is 0 Å². The van der Waals surface area contributed by atoms with Crippen LogP contribution in [0.25, 0.3) is 0 Å². The molecular formula is C42H40O6. The number of hydrogen-bond acceptors (Lipinski definition) is 6. The molecule has 1 heterocycles. The zero-order chi connectivity index (χ0) is 32.9. The molecule has 0 spiro atoms. The summed E-state index contributed by atoms with van der Waals surface area (Å²) in [5.74, 6) is 4.08. The number of benzene rings is 5. The Balaban J connectivity index is 1.36. The Morgan fingerprint density at radius 2 is 0.938 bits per heavy atom. The van der Waals surface area contributed by atoms with E-state index in [0.29, 0.717) is 13.2 Å². The average molecular weight is 641 g/mol. The van der Waals surface area contributed by atoms with Crippen LogP contribution in [0.1, 0.15) is 27.8 Å². The van der Waals surface area contributed by atoms with Gasteiger partial charge >= 0.3 is 0 Å². The third kappa shape index (κ3) is 9.27. The molecule has 1 aliphatic rings. The Bertz CT molecular complexity index is 1710. The second-order valence-corrected chi connectivity index (χ2v) is 11.7. The Kier molecular flexibility index (Phi) is 11.8. The SMILES string of the molecule is O[C@@]1(C#Cc2ccccc2)O[C@H](COCc2ccccc2)[C@@H](OCc2ccccc2)[C@H](OCc2ccccc2)[C@H]1OCc1ccccc1. The van der Waals surface area contributed by atoms with Gasteiger partial charge in [-0.05, 0) is 40.3 Å². The van der Waals surface area contributed by atoms with Gasteiger partial charge in [0.25, 0.3) is 5.79 Å². The molecule has 6 heteroatoms. The van der Waals surface area contributed by atoms with Gasteiger partial charge in [0.2, 0.25) is 0 Å². The van der Waals surface area contributed by atoms with Crippen LogP contribution in [0, 0.1) is 11.8 Å². The van der Waals surface area contributed by atoms with E-state index in [4.69, 9.17) is 23.7 Å². The Morgan fingerprint density at radius 1 is 0.521 bits per heavy atom. The normalized spacial score (nSPS) is 22.0. The predicted molar refractivity (Wildman–Crippen MR) is 184 cm³/mol. The van der Waals surface area contributed by atoms with E-state index in [1.165, 1.54) is 0 Å². The molecular weight excluding hydrogens is 600 g/mol. The molecule has 1 fully saturated rings. The zero-order valence-corrected chi connectivity index (χ0v) is 26.8. The summed E-state index contributed by atoms with van der Waals surface area (Å²) in [5.41, 5.74) is 4.67. The molecule has 1 aliphatic heterocycles. The van der Waals surface area contributed by atoms with Gasteiger partial charge in [-0.1, -0.05) is 145 Å². The van der Waals surface area contributed by atoms with Crippen molar-refractivity contribution < 1.29 is 28.8 Å². The molecule has 1 N–H and O–H groups in total. The van der Waals surface area contributed by atoms with Crippen molar-refractivity contribution in [2.75, 3.05) is 6.61 Å². The summed E-state index contributed by atoms with van der Waals surface area (Å²) >= 11 is 0. The summed E-state index contributed by atoms with van der Waals surface area (Å²) in [5, 5.41) is 12.4. The van der Waals surface area contributed by atoms with E-state index in [-0.39, 0.29) is 19.8 Å². The maximum Gasteiger partial charge on any atom is 0.261 e. The van der Waals surface area contributed by atoms with E-state index >= 15 is 0 Å². The summed E-state index contributed by atoms with van der Waals surface area (Å²) in [4.78, 5) is 0. The van der Waals surface area contributed by atoms with E-state index in [1.807, 2.05) is 152 Å². The van der Waals surface area contributed by atoms with Crippen LogP contribution in [0.3, 0.4) is 0 Å². The minimum atomic E-state index is -2.06. The van der Waals surface area contributed by atoms with Gasteiger partial charge in [0.05, 0.1) is 33.0 Å². The standard InChI is InChI=1S/C42H40O6/c43-42(27-26-33-16-6-1-7-17-33)41(47-31-37-24-14-5-15-25-37)40(46-30-36-22-12-4-13-23-36)39(45-29-35-20-10-3-11-21-35)38(48-42)32-44-28-34-18-8-2-9-19-34/h1-25,38-41,43H,28-32H2/t38-,39-,40+,41-,42+/m1/s1. The van der Waals surface area contributed by atoms with Crippen LogP contribution in [0.4, 0.5) is 0 Å². The third-order valence-electron chi connectivity index (χ3n) is 8.10. The minimum absolute atomic E-state index is 0.125. The van der Waals surface area contributed by atoms with Crippen molar-refractivity contribution >= 4 is 0 Å². The molecule has 244 valence electrons. The first kappa shape index (κ1) is 33.3. The lowest BCUT2D eigenvalue weighted by Gasteiger charge is -2.48. The molecule has 1 saturated heterocycles. The Morgan fingerprint density at radius 3 is 1.44 bits per heavy atom. The quantitative estimate of drug-likeness (QED) is 0.139. The van der Waals surface area contributed by atoms with Crippen LogP contribution < -0.4 is 0 Å². The van der Waals surface area contributed by atoms with Gasteiger partial charge in [-0.15, -0.1) is 0 Å². The Hall–Kier alpha value is -4.58. The monoisotopic (exact) mass is 640 g/mol. The fourth-order valence-electron chi connectivity index (χ4n) is 5.64. The largest absolute Gasteiger partial charge is 0.374 e.